The molecule has 3 N–H and O–H groups in total. The van der Waals surface area contributed by atoms with E-state index in [4.69, 9.17) is 5.84 Å². The first-order valence-electron chi connectivity index (χ1n) is 8.86. The van der Waals surface area contributed by atoms with Crippen LogP contribution in [0.1, 0.15) is 69.0 Å². The molecule has 2 saturated carbocycles. The Balaban J connectivity index is 1.73. The molecule has 1 aromatic rings. The van der Waals surface area contributed by atoms with Crippen LogP contribution in [0.25, 0.3) is 0 Å². The average molecular weight is 286 g/mol. The van der Waals surface area contributed by atoms with E-state index in [2.05, 4.69) is 36.6 Å². The van der Waals surface area contributed by atoms with Crippen LogP contribution in [0, 0.1) is 17.8 Å². The topological polar surface area (TPSA) is 38.0 Å². The zero-order valence-corrected chi connectivity index (χ0v) is 13.4. The maximum absolute atomic E-state index is 5.95. The molecule has 0 aromatic heterocycles. The van der Waals surface area contributed by atoms with Crippen molar-refractivity contribution in [2.24, 2.45) is 23.6 Å². The fourth-order valence-corrected chi connectivity index (χ4v) is 4.72. The van der Waals surface area contributed by atoms with Crippen LogP contribution in [-0.2, 0) is 6.42 Å². The summed E-state index contributed by atoms with van der Waals surface area (Å²) in [4.78, 5) is 0. The van der Waals surface area contributed by atoms with Gasteiger partial charge in [-0.05, 0) is 54.6 Å². The van der Waals surface area contributed by atoms with Gasteiger partial charge in [-0.3, -0.25) is 11.3 Å². The lowest BCUT2D eigenvalue weighted by Gasteiger charge is -2.42. The molecule has 2 aliphatic rings. The minimum absolute atomic E-state index is 0.333. The van der Waals surface area contributed by atoms with Gasteiger partial charge in [-0.1, -0.05) is 56.9 Å². The molecule has 4 unspecified atom stereocenters. The van der Waals surface area contributed by atoms with Crippen molar-refractivity contribution in [2.75, 3.05) is 0 Å². The van der Waals surface area contributed by atoms with Crippen molar-refractivity contribution < 1.29 is 0 Å². The highest BCUT2D eigenvalue weighted by Crippen LogP contribution is 2.46. The van der Waals surface area contributed by atoms with Crippen LogP contribution in [0.4, 0.5) is 0 Å². The second-order valence-electron chi connectivity index (χ2n) is 7.12. The van der Waals surface area contributed by atoms with E-state index in [0.29, 0.717) is 12.0 Å². The first-order valence-corrected chi connectivity index (χ1v) is 8.86. The molecular weight excluding hydrogens is 256 g/mol. The Hall–Kier alpha value is -0.860. The summed E-state index contributed by atoms with van der Waals surface area (Å²) in [5.74, 6) is 8.63. The van der Waals surface area contributed by atoms with E-state index in [9.17, 15) is 0 Å². The van der Waals surface area contributed by atoms with Gasteiger partial charge in [0.05, 0.1) is 0 Å². The van der Waals surface area contributed by atoms with Crippen molar-refractivity contribution in [2.45, 2.75) is 64.3 Å². The summed E-state index contributed by atoms with van der Waals surface area (Å²) < 4.78 is 0. The predicted molar refractivity (Wildman–Crippen MR) is 88.7 cm³/mol. The van der Waals surface area contributed by atoms with E-state index < -0.39 is 0 Å². The van der Waals surface area contributed by atoms with Crippen LogP contribution < -0.4 is 11.3 Å². The number of nitrogens with one attached hydrogen (secondary N) is 1. The molecule has 0 heterocycles. The Bertz CT molecular complexity index is 457. The second-order valence-corrected chi connectivity index (χ2v) is 7.12. The van der Waals surface area contributed by atoms with Crippen LogP contribution >= 0.6 is 0 Å². The van der Waals surface area contributed by atoms with Crippen molar-refractivity contribution in [3.63, 3.8) is 0 Å². The Kier molecular flexibility index (Phi) is 4.97. The third kappa shape index (κ3) is 3.32. The lowest BCUT2D eigenvalue weighted by molar-refractivity contribution is 0.109. The molecule has 0 amide bonds. The summed E-state index contributed by atoms with van der Waals surface area (Å²) >= 11 is 0. The molecule has 4 atom stereocenters. The van der Waals surface area contributed by atoms with Gasteiger partial charge < -0.3 is 0 Å². The van der Waals surface area contributed by atoms with Gasteiger partial charge in [0.2, 0.25) is 0 Å². The molecule has 1 aromatic carbocycles. The summed E-state index contributed by atoms with van der Waals surface area (Å²) in [5, 5.41) is 0. The summed E-state index contributed by atoms with van der Waals surface area (Å²) in [6, 6.07) is 9.33. The SMILES string of the molecule is CCc1cccc(C(NN)C2CCC3CCCCC3C2)c1. The summed E-state index contributed by atoms with van der Waals surface area (Å²) in [6.45, 7) is 2.22. The molecule has 0 bridgehead atoms. The standard InChI is InChI=1S/C19H30N2/c1-2-14-6-5-9-17(12-14)19(21-20)18-11-10-15-7-3-4-8-16(15)13-18/h5-6,9,12,15-16,18-19,21H,2-4,7-8,10-11,13,20H2,1H3. The summed E-state index contributed by atoms with van der Waals surface area (Å²) in [5.41, 5.74) is 5.94. The van der Waals surface area contributed by atoms with Gasteiger partial charge >= 0.3 is 0 Å². The van der Waals surface area contributed by atoms with Crippen molar-refractivity contribution >= 4 is 0 Å². The van der Waals surface area contributed by atoms with E-state index in [1.165, 1.54) is 56.1 Å². The van der Waals surface area contributed by atoms with Gasteiger partial charge in [-0.2, -0.15) is 0 Å². The fraction of sp³-hybridized carbons (Fsp3) is 0.684. The molecule has 2 heteroatoms. The third-order valence-corrected chi connectivity index (χ3v) is 5.95. The Morgan fingerprint density at radius 3 is 2.71 bits per heavy atom. The van der Waals surface area contributed by atoms with Gasteiger partial charge in [-0.25, -0.2) is 0 Å². The Morgan fingerprint density at radius 1 is 1.14 bits per heavy atom. The van der Waals surface area contributed by atoms with Crippen molar-refractivity contribution in [3.8, 4) is 0 Å². The minimum Gasteiger partial charge on any atom is -0.271 e. The maximum atomic E-state index is 5.95. The molecule has 0 spiro atoms. The van der Waals surface area contributed by atoms with Gasteiger partial charge in [0.25, 0.3) is 0 Å². The quantitative estimate of drug-likeness (QED) is 0.637. The largest absolute Gasteiger partial charge is 0.271 e. The van der Waals surface area contributed by atoms with Crippen LogP contribution in [0.2, 0.25) is 0 Å². The first kappa shape index (κ1) is 15.1. The van der Waals surface area contributed by atoms with Crippen LogP contribution in [0.5, 0.6) is 0 Å². The summed E-state index contributed by atoms with van der Waals surface area (Å²) in [7, 11) is 0. The maximum Gasteiger partial charge on any atom is 0.0488 e. The van der Waals surface area contributed by atoms with Gasteiger partial charge in [-0.15, -0.1) is 0 Å². The highest BCUT2D eigenvalue weighted by atomic mass is 15.2. The molecule has 2 fully saturated rings. The lowest BCUT2D eigenvalue weighted by atomic mass is 9.65. The van der Waals surface area contributed by atoms with Gasteiger partial charge in [0.1, 0.15) is 0 Å². The predicted octanol–water partition coefficient (Wildman–Crippen LogP) is 4.36. The van der Waals surface area contributed by atoms with E-state index >= 15 is 0 Å². The highest BCUT2D eigenvalue weighted by molar-refractivity contribution is 5.26. The number of hydrogen-bond donors (Lipinski definition) is 2. The Morgan fingerprint density at radius 2 is 1.95 bits per heavy atom. The zero-order valence-electron chi connectivity index (χ0n) is 13.4. The van der Waals surface area contributed by atoms with Crippen molar-refractivity contribution in [3.05, 3.63) is 35.4 Å². The molecule has 0 saturated heterocycles. The van der Waals surface area contributed by atoms with Gasteiger partial charge in [0.15, 0.2) is 0 Å². The molecular formula is C19H30N2. The number of nitrogens with two attached hydrogens (primary N) is 1. The summed E-state index contributed by atoms with van der Waals surface area (Å²) in [6.07, 6.45) is 11.1. The molecule has 0 aliphatic heterocycles. The number of fused-ring (bicyclic) bond motifs is 1. The van der Waals surface area contributed by atoms with Crippen LogP contribution in [-0.4, -0.2) is 0 Å². The van der Waals surface area contributed by atoms with Crippen LogP contribution in [0.3, 0.4) is 0 Å². The molecule has 3 rings (SSSR count). The first-order chi connectivity index (χ1) is 10.3. The third-order valence-electron chi connectivity index (χ3n) is 5.95. The lowest BCUT2D eigenvalue weighted by Crippen LogP contribution is -2.38. The molecule has 2 aliphatic carbocycles. The number of hydrogen-bond acceptors (Lipinski definition) is 2. The monoisotopic (exact) mass is 286 g/mol. The fourth-order valence-electron chi connectivity index (χ4n) is 4.72. The van der Waals surface area contributed by atoms with E-state index in [1.807, 2.05) is 0 Å². The minimum atomic E-state index is 0.333. The number of aryl methyl sites for hydroxylation is 1. The highest BCUT2D eigenvalue weighted by Gasteiger charge is 2.35. The van der Waals surface area contributed by atoms with Crippen molar-refractivity contribution in [1.29, 1.82) is 0 Å². The van der Waals surface area contributed by atoms with E-state index in [-0.39, 0.29) is 0 Å². The van der Waals surface area contributed by atoms with E-state index in [0.717, 1.165) is 18.3 Å². The number of hydrazine groups is 1. The second kappa shape index (κ2) is 6.93. The molecule has 0 radical (unpaired) electrons. The normalized spacial score (nSPS) is 30.7. The zero-order chi connectivity index (χ0) is 14.7. The number of rotatable bonds is 4. The average Bonchev–Trinajstić information content (AvgIpc) is 2.56. The van der Waals surface area contributed by atoms with Gasteiger partial charge in [0, 0.05) is 6.04 Å². The number of benzene rings is 1. The van der Waals surface area contributed by atoms with Crippen LogP contribution in [0.15, 0.2) is 24.3 Å². The smallest absolute Gasteiger partial charge is 0.0488 e. The van der Waals surface area contributed by atoms with E-state index in [1.54, 1.807) is 0 Å². The Labute approximate surface area is 129 Å². The molecule has 116 valence electrons. The van der Waals surface area contributed by atoms with Crippen molar-refractivity contribution in [1.82, 2.24) is 5.43 Å². The molecule has 2 nitrogen and oxygen atoms in total. The molecule has 21 heavy (non-hydrogen) atoms.